The molecule has 518 valence electrons. The van der Waals surface area contributed by atoms with Gasteiger partial charge in [-0.05, 0) is 131 Å². The number of fused-ring (bicyclic) bond motifs is 6. The van der Waals surface area contributed by atoms with E-state index < -0.39 is 42.7 Å². The van der Waals surface area contributed by atoms with Gasteiger partial charge in [0.1, 0.15) is 6.54 Å². The van der Waals surface area contributed by atoms with Gasteiger partial charge in [-0.2, -0.15) is 17.6 Å². The number of unbranched alkanes of at least 4 members (excludes halogenated alkanes) is 5. The third-order valence-electron chi connectivity index (χ3n) is 19.5. The van der Waals surface area contributed by atoms with Crippen LogP contribution in [0.4, 0.5) is 39.8 Å². The number of carbonyl (C=O) groups is 2. The lowest BCUT2D eigenvalue weighted by Crippen LogP contribution is -2.28. The Morgan fingerprint density at radius 1 is 0.535 bits per heavy atom. The Balaban J connectivity index is 0.000000240. The van der Waals surface area contributed by atoms with Gasteiger partial charge in [-0.3, -0.25) is 44.5 Å². The molecular formula is C78H89N7O13S+2. The van der Waals surface area contributed by atoms with Gasteiger partial charge in [0.05, 0.1) is 36.6 Å². The van der Waals surface area contributed by atoms with Crippen molar-refractivity contribution >= 4 is 84.1 Å². The highest BCUT2D eigenvalue weighted by atomic mass is 32.2. The molecule has 3 N–H and O–H groups in total. The van der Waals surface area contributed by atoms with Crippen LogP contribution < -0.4 is 9.80 Å². The van der Waals surface area contributed by atoms with E-state index in [1.807, 2.05) is 77.4 Å². The molecule has 0 aliphatic carbocycles. The highest BCUT2D eigenvalue weighted by molar-refractivity contribution is 7.85. The smallest absolute Gasteiger partial charge is 0.303 e. The second-order valence-electron chi connectivity index (χ2n) is 27.9. The van der Waals surface area contributed by atoms with Gasteiger partial charge in [0.25, 0.3) is 27.2 Å². The second-order valence-corrected chi connectivity index (χ2v) is 29.3. The third kappa shape index (κ3) is 15.8. The zero-order chi connectivity index (χ0) is 71.9. The van der Waals surface area contributed by atoms with Crippen molar-refractivity contribution in [1.82, 2.24) is 0 Å². The first-order chi connectivity index (χ1) is 46.8. The molecule has 0 saturated carbocycles. The lowest BCUT2D eigenvalue weighted by Gasteiger charge is -2.27. The molecule has 20 nitrogen and oxygen atoms in total. The molecule has 0 aromatic heterocycles. The zero-order valence-electron chi connectivity index (χ0n) is 58.0. The SMILES string of the molecule is CC1(C)C(/C=C/C=C/C=C2/N(CCCCCC(=O)O)c3ccc4cc(S(=O)(=O)O)ccc4c3C2(C)C)=[N+](Cc2cc([N+](=O)[O-])cc([N+](=O)[O-])c2)c2ccccc21.CCCCN1C(=CC=CC=CC2=[N+](CCCCCC(=O)O)c3ccc(C)cc3C2(C)C)C(C)(C)c2cc([N+](=O)[O-])ccc21. The van der Waals surface area contributed by atoms with Crippen LogP contribution in [0, 0.1) is 37.3 Å². The van der Waals surface area contributed by atoms with Crippen molar-refractivity contribution in [3.8, 4) is 0 Å². The van der Waals surface area contributed by atoms with Crippen molar-refractivity contribution in [1.29, 1.82) is 0 Å². The molecule has 4 heterocycles. The molecule has 0 bridgehead atoms. The van der Waals surface area contributed by atoms with Crippen molar-refractivity contribution in [3.63, 3.8) is 0 Å². The Bertz CT molecular complexity index is 4550. The minimum atomic E-state index is -4.39. The molecule has 10 rings (SSSR count). The summed E-state index contributed by atoms with van der Waals surface area (Å²) in [5, 5.41) is 54.4. The molecule has 0 unspecified atom stereocenters. The molecule has 4 aliphatic heterocycles. The fourth-order valence-corrected chi connectivity index (χ4v) is 15.0. The Morgan fingerprint density at radius 3 is 1.70 bits per heavy atom. The van der Waals surface area contributed by atoms with Gasteiger partial charge < -0.3 is 20.0 Å². The normalized spacial score (nSPS) is 17.2. The van der Waals surface area contributed by atoms with Crippen LogP contribution in [0.2, 0.25) is 0 Å². The number of nitrogens with zero attached hydrogens (tertiary/aromatic N) is 7. The average molecular weight is 1360 g/mol. The highest BCUT2D eigenvalue weighted by Gasteiger charge is 2.47. The van der Waals surface area contributed by atoms with Crippen LogP contribution in [-0.2, 0) is 47.9 Å². The molecule has 99 heavy (non-hydrogen) atoms. The van der Waals surface area contributed by atoms with E-state index in [4.69, 9.17) is 10.2 Å². The van der Waals surface area contributed by atoms with Crippen LogP contribution in [-0.4, -0.2) is 90.1 Å². The van der Waals surface area contributed by atoms with E-state index in [0.29, 0.717) is 30.3 Å². The predicted molar refractivity (Wildman–Crippen MR) is 389 cm³/mol. The number of non-ortho nitro benzene ring substituents is 3. The Morgan fingerprint density at radius 2 is 1.09 bits per heavy atom. The van der Waals surface area contributed by atoms with E-state index in [-0.39, 0.29) is 57.1 Å². The van der Waals surface area contributed by atoms with Crippen LogP contribution in [0.5, 0.6) is 0 Å². The summed E-state index contributed by atoms with van der Waals surface area (Å²) in [5.74, 6) is -1.56. The van der Waals surface area contributed by atoms with Gasteiger partial charge in [0.15, 0.2) is 18.0 Å². The van der Waals surface area contributed by atoms with Gasteiger partial charge >= 0.3 is 11.9 Å². The molecule has 6 aromatic carbocycles. The van der Waals surface area contributed by atoms with Crippen molar-refractivity contribution in [2.45, 2.75) is 167 Å². The van der Waals surface area contributed by atoms with E-state index in [9.17, 15) is 52.9 Å². The maximum atomic E-state index is 11.9. The molecule has 0 fully saturated rings. The average Bonchev–Trinajstić information content (AvgIpc) is 1.61. The van der Waals surface area contributed by atoms with E-state index in [1.54, 1.807) is 18.2 Å². The summed E-state index contributed by atoms with van der Waals surface area (Å²) in [6.45, 7) is 24.0. The van der Waals surface area contributed by atoms with Crippen molar-refractivity contribution in [2.24, 2.45) is 0 Å². The number of para-hydroxylation sites is 1. The van der Waals surface area contributed by atoms with Crippen LogP contribution >= 0.6 is 0 Å². The van der Waals surface area contributed by atoms with Crippen LogP contribution in [0.1, 0.15) is 160 Å². The molecule has 0 saturated heterocycles. The number of nitro benzene ring substituents is 3. The number of benzene rings is 6. The third-order valence-corrected chi connectivity index (χ3v) is 20.4. The van der Waals surface area contributed by atoms with Crippen molar-refractivity contribution in [2.75, 3.05) is 29.4 Å². The van der Waals surface area contributed by atoms with Crippen LogP contribution in [0.25, 0.3) is 10.8 Å². The Kier molecular flexibility index (Phi) is 22.2. The Hall–Kier alpha value is -9.99. The number of carboxylic acids is 2. The lowest BCUT2D eigenvalue weighted by atomic mass is 9.81. The minimum Gasteiger partial charge on any atom is -0.481 e. The van der Waals surface area contributed by atoms with E-state index in [0.717, 1.165) is 114 Å². The first kappa shape index (κ1) is 73.3. The maximum absolute atomic E-state index is 11.9. The summed E-state index contributed by atoms with van der Waals surface area (Å²) >= 11 is 0. The number of aryl methyl sites for hydroxylation is 1. The van der Waals surface area contributed by atoms with Crippen LogP contribution in [0.3, 0.4) is 0 Å². The summed E-state index contributed by atoms with van der Waals surface area (Å²) < 4.78 is 37.9. The van der Waals surface area contributed by atoms with Gasteiger partial charge in [-0.1, -0.05) is 126 Å². The Labute approximate surface area is 578 Å². The number of allylic oxidation sites excluding steroid dienone is 12. The minimum absolute atomic E-state index is 0.101. The van der Waals surface area contributed by atoms with Gasteiger partial charge in [-0.15, -0.1) is 0 Å². The predicted octanol–water partition coefficient (Wildman–Crippen LogP) is 17.4. The molecule has 0 radical (unpaired) electrons. The first-order valence-electron chi connectivity index (χ1n) is 33.7. The molecule has 6 aromatic rings. The standard InChI is InChI=1S/C42H42N4O9S.C36H45N3O4/c1-41(2)34-13-10-11-14-35(34)44(27-28-23-30(45(49)50)26-31(24-28)46(51)52)37(41)15-7-5-8-16-38-42(3,4)40-33-20-19-32(56(53,54)55)25-29(33)18-21-36(40)43(38)22-12-6-9-17-39(47)48;1-7-8-22-37-31-21-19-27(39(42)43)25-29(31)36(5,6)33(37)16-12-9-11-15-32-35(3,4)28-24-26(2)18-20-30(28)38(32)23-14-10-13-17-34(40)41/h5,7-8,10-11,13-16,18-21,23-26H,6,9,12,17,22,27H2,1-4H3,(H-,47,48,53,54,55);9,11-12,15-16,18-21,24-25H,7-8,10,13-14,17,22-23H2,1-6H3/p+2. The maximum Gasteiger partial charge on any atom is 0.303 e. The summed E-state index contributed by atoms with van der Waals surface area (Å²) in [6, 6.07) is 31.8. The summed E-state index contributed by atoms with van der Waals surface area (Å²) in [6.07, 6.45) is 27.3. The number of hydrogen-bond acceptors (Lipinski definition) is 12. The molecule has 4 aliphatic rings. The fourth-order valence-electron chi connectivity index (χ4n) is 14.5. The van der Waals surface area contributed by atoms with Gasteiger partial charge in [0.2, 0.25) is 11.4 Å². The molecule has 0 atom stereocenters. The topological polar surface area (TPSA) is 271 Å². The van der Waals surface area contributed by atoms with Gasteiger partial charge in [0, 0.05) is 131 Å². The summed E-state index contributed by atoms with van der Waals surface area (Å²) in [7, 11) is -4.39. The number of aliphatic carboxylic acids is 2. The number of hydrogen-bond donors (Lipinski definition) is 3. The second kappa shape index (κ2) is 30.0. The van der Waals surface area contributed by atoms with Crippen molar-refractivity contribution in [3.05, 3.63) is 245 Å². The molecule has 0 spiro atoms. The first-order valence-corrected chi connectivity index (χ1v) is 35.1. The highest BCUT2D eigenvalue weighted by Crippen LogP contribution is 2.52. The molecule has 0 amide bonds. The lowest BCUT2D eigenvalue weighted by molar-refractivity contribution is -0.455. The van der Waals surface area contributed by atoms with E-state index >= 15 is 0 Å². The van der Waals surface area contributed by atoms with Gasteiger partial charge in [-0.25, -0.2) is 0 Å². The van der Waals surface area contributed by atoms with Crippen LogP contribution in [0.15, 0.2) is 186 Å². The number of rotatable bonds is 27. The number of carboxylic acid groups (broad SMARTS) is 2. The summed E-state index contributed by atoms with van der Waals surface area (Å²) in [4.78, 5) is 59.6. The molecular weight excluding hydrogens is 1270 g/mol. The molecule has 21 heteroatoms. The number of anilines is 2. The van der Waals surface area contributed by atoms with Crippen molar-refractivity contribution < 1.29 is 56.7 Å². The fraction of sp³-hybridized carbons (Fsp3) is 0.359. The summed E-state index contributed by atoms with van der Waals surface area (Å²) in [5.41, 5.74) is 12.4. The monoisotopic (exact) mass is 1360 g/mol. The number of nitro groups is 3. The zero-order valence-corrected chi connectivity index (χ0v) is 58.8. The largest absolute Gasteiger partial charge is 0.481 e. The van der Waals surface area contributed by atoms with E-state index in [1.165, 1.54) is 46.8 Å². The quantitative estimate of drug-likeness (QED) is 0.0108. The van der Waals surface area contributed by atoms with E-state index in [2.05, 4.69) is 132 Å².